The molecule has 1 unspecified atom stereocenters. The fourth-order valence-corrected chi connectivity index (χ4v) is 1.99. The van der Waals surface area contributed by atoms with Gasteiger partial charge in [0.25, 0.3) is 0 Å². The molecule has 0 spiro atoms. The van der Waals surface area contributed by atoms with Gasteiger partial charge in [0.05, 0.1) is 18.4 Å². The minimum Gasteiger partial charge on any atom is -0.368 e. The van der Waals surface area contributed by atoms with Crippen LogP contribution < -0.4 is 21.7 Å². The van der Waals surface area contributed by atoms with Crippen LogP contribution in [0.5, 0.6) is 0 Å². The second kappa shape index (κ2) is 5.03. The van der Waals surface area contributed by atoms with Crippen LogP contribution in [0.25, 0.3) is 0 Å². The van der Waals surface area contributed by atoms with Crippen LogP contribution in [0.4, 0.5) is 5.95 Å². The Morgan fingerprint density at radius 3 is 2.35 bits per heavy atom. The average Bonchev–Trinajstić information content (AvgIpc) is 2.28. The van der Waals surface area contributed by atoms with Gasteiger partial charge in [-0.05, 0) is 6.92 Å². The number of nitrogens with zero attached hydrogens (tertiary/aromatic N) is 2. The first kappa shape index (κ1) is 13.3. The minimum atomic E-state index is -3.87. The van der Waals surface area contributed by atoms with E-state index in [0.717, 1.165) is 12.4 Å². The highest BCUT2D eigenvalue weighted by Crippen LogP contribution is 2.07. The number of sulfonamides is 1. The summed E-state index contributed by atoms with van der Waals surface area (Å²) in [5.41, 5.74) is 7.10. The molecule has 0 bridgehead atoms. The van der Waals surface area contributed by atoms with Gasteiger partial charge >= 0.3 is 0 Å². The lowest BCUT2D eigenvalue weighted by atomic mass is 10.4. The highest BCUT2D eigenvalue weighted by atomic mass is 32.2. The molecule has 0 saturated carbocycles. The van der Waals surface area contributed by atoms with E-state index in [1.807, 2.05) is 0 Å². The summed E-state index contributed by atoms with van der Waals surface area (Å²) in [5, 5.41) is 0. The first-order chi connectivity index (χ1) is 7.86. The summed E-state index contributed by atoms with van der Waals surface area (Å²) in [5.74, 6) is 4.32. The van der Waals surface area contributed by atoms with Crippen LogP contribution in [0, 0.1) is 0 Å². The molecular weight excluding hydrogens is 248 g/mol. The van der Waals surface area contributed by atoms with Gasteiger partial charge in [-0.25, -0.2) is 24.2 Å². The Hall–Kier alpha value is -1.78. The minimum absolute atomic E-state index is 0.0758. The third-order valence-corrected chi connectivity index (χ3v) is 3.32. The second-order valence-electron chi connectivity index (χ2n) is 3.13. The molecule has 0 aromatic carbocycles. The molecule has 1 amide bonds. The SMILES string of the molecule is CC(NS(=O)(=O)c1cnc(NN)nc1)C(N)=O. The number of carbonyl (C=O) groups excluding carboxylic acids is 1. The van der Waals surface area contributed by atoms with E-state index < -0.39 is 22.0 Å². The molecule has 0 saturated heterocycles. The zero-order valence-corrected chi connectivity index (χ0v) is 9.73. The summed E-state index contributed by atoms with van der Waals surface area (Å²) in [7, 11) is -3.87. The normalized spacial score (nSPS) is 13.1. The van der Waals surface area contributed by atoms with Gasteiger partial charge in [0.2, 0.25) is 21.9 Å². The lowest BCUT2D eigenvalue weighted by Crippen LogP contribution is -2.42. The van der Waals surface area contributed by atoms with E-state index in [1.165, 1.54) is 6.92 Å². The molecule has 1 heterocycles. The Morgan fingerprint density at radius 1 is 1.41 bits per heavy atom. The summed E-state index contributed by atoms with van der Waals surface area (Å²) in [6, 6.07) is -1.02. The number of hydrogen-bond donors (Lipinski definition) is 4. The van der Waals surface area contributed by atoms with Crippen LogP contribution in [0.15, 0.2) is 17.3 Å². The zero-order valence-electron chi connectivity index (χ0n) is 8.91. The number of carbonyl (C=O) groups is 1. The standard InChI is InChI=1S/C7H12N6O3S/c1-4(6(8)14)13-17(15,16)5-2-10-7(12-9)11-3-5/h2-4,13H,9H2,1H3,(H2,8,14)(H,10,11,12). The number of anilines is 1. The van der Waals surface area contributed by atoms with Crippen molar-refractivity contribution in [2.45, 2.75) is 17.9 Å². The van der Waals surface area contributed by atoms with E-state index in [0.29, 0.717) is 0 Å². The molecule has 1 aromatic heterocycles. The van der Waals surface area contributed by atoms with Gasteiger partial charge in [-0.3, -0.25) is 10.2 Å². The predicted molar refractivity (Wildman–Crippen MR) is 58.8 cm³/mol. The highest BCUT2D eigenvalue weighted by Gasteiger charge is 2.20. The van der Waals surface area contributed by atoms with E-state index in [1.54, 1.807) is 0 Å². The van der Waals surface area contributed by atoms with E-state index >= 15 is 0 Å². The van der Waals surface area contributed by atoms with Crippen LogP contribution in [0.1, 0.15) is 6.92 Å². The molecule has 0 aliphatic carbocycles. The summed E-state index contributed by atoms with van der Waals surface area (Å²) >= 11 is 0. The van der Waals surface area contributed by atoms with Crippen LogP contribution in [0.2, 0.25) is 0 Å². The molecule has 6 N–H and O–H groups in total. The topological polar surface area (TPSA) is 153 Å². The maximum absolute atomic E-state index is 11.7. The van der Waals surface area contributed by atoms with E-state index in [4.69, 9.17) is 11.6 Å². The van der Waals surface area contributed by atoms with E-state index in [2.05, 4.69) is 20.1 Å². The van der Waals surface area contributed by atoms with Crippen molar-refractivity contribution in [3.63, 3.8) is 0 Å². The molecule has 0 aliphatic rings. The van der Waals surface area contributed by atoms with Gasteiger partial charge in [0.1, 0.15) is 4.90 Å². The van der Waals surface area contributed by atoms with Crippen LogP contribution in [0.3, 0.4) is 0 Å². The number of nitrogens with two attached hydrogens (primary N) is 2. The molecule has 9 nitrogen and oxygen atoms in total. The second-order valence-corrected chi connectivity index (χ2v) is 4.85. The van der Waals surface area contributed by atoms with Gasteiger partial charge in [0, 0.05) is 0 Å². The van der Waals surface area contributed by atoms with Gasteiger partial charge in [-0.1, -0.05) is 0 Å². The van der Waals surface area contributed by atoms with Crippen molar-refractivity contribution in [1.29, 1.82) is 0 Å². The number of hydrogen-bond acceptors (Lipinski definition) is 7. The van der Waals surface area contributed by atoms with Crippen molar-refractivity contribution < 1.29 is 13.2 Å². The van der Waals surface area contributed by atoms with E-state index in [9.17, 15) is 13.2 Å². The number of aromatic nitrogens is 2. The molecule has 1 aromatic rings. The van der Waals surface area contributed by atoms with Gasteiger partial charge < -0.3 is 5.73 Å². The quantitative estimate of drug-likeness (QED) is 0.350. The largest absolute Gasteiger partial charge is 0.368 e. The molecule has 17 heavy (non-hydrogen) atoms. The fourth-order valence-electron chi connectivity index (χ4n) is 0.888. The number of hydrazine groups is 1. The number of rotatable bonds is 5. The third-order valence-electron chi connectivity index (χ3n) is 1.83. The smallest absolute Gasteiger partial charge is 0.244 e. The molecule has 1 rings (SSSR count). The van der Waals surface area contributed by atoms with Crippen LogP contribution >= 0.6 is 0 Å². The van der Waals surface area contributed by atoms with Crippen molar-refractivity contribution in [3.05, 3.63) is 12.4 Å². The molecule has 94 valence electrons. The first-order valence-electron chi connectivity index (χ1n) is 4.47. The molecule has 10 heteroatoms. The highest BCUT2D eigenvalue weighted by molar-refractivity contribution is 7.89. The van der Waals surface area contributed by atoms with Crippen LogP contribution in [-0.4, -0.2) is 30.3 Å². The summed E-state index contributed by atoms with van der Waals surface area (Å²) < 4.78 is 25.5. The van der Waals surface area contributed by atoms with Crippen LogP contribution in [-0.2, 0) is 14.8 Å². The molecule has 0 fully saturated rings. The Balaban J connectivity index is 2.93. The monoisotopic (exact) mass is 260 g/mol. The molecule has 0 radical (unpaired) electrons. The Morgan fingerprint density at radius 2 is 1.94 bits per heavy atom. The third kappa shape index (κ3) is 3.34. The van der Waals surface area contributed by atoms with Crippen molar-refractivity contribution in [1.82, 2.24) is 14.7 Å². The molecule has 0 aliphatic heterocycles. The Bertz CT molecular complexity index is 499. The lowest BCUT2D eigenvalue weighted by molar-refractivity contribution is -0.119. The number of amides is 1. The maximum atomic E-state index is 11.7. The van der Waals surface area contributed by atoms with Gasteiger partial charge in [-0.2, -0.15) is 4.72 Å². The maximum Gasteiger partial charge on any atom is 0.244 e. The number of nitrogens with one attached hydrogen (secondary N) is 2. The van der Waals surface area contributed by atoms with Gasteiger partial charge in [0.15, 0.2) is 0 Å². The molecule has 1 atom stereocenters. The lowest BCUT2D eigenvalue weighted by Gasteiger charge is -2.10. The number of primary amides is 1. The van der Waals surface area contributed by atoms with Crippen molar-refractivity contribution in [3.8, 4) is 0 Å². The zero-order chi connectivity index (χ0) is 13.1. The summed E-state index contributed by atoms with van der Waals surface area (Å²) in [4.78, 5) is 17.8. The average molecular weight is 260 g/mol. The summed E-state index contributed by atoms with van der Waals surface area (Å²) in [6.45, 7) is 1.33. The van der Waals surface area contributed by atoms with Crippen molar-refractivity contribution in [2.24, 2.45) is 11.6 Å². The molecular formula is C7H12N6O3S. The summed E-state index contributed by atoms with van der Waals surface area (Å²) in [6.07, 6.45) is 2.11. The van der Waals surface area contributed by atoms with E-state index in [-0.39, 0.29) is 10.8 Å². The predicted octanol–water partition coefficient (Wildman–Crippen LogP) is -2.09. The van der Waals surface area contributed by atoms with Crippen molar-refractivity contribution >= 4 is 21.9 Å². The first-order valence-corrected chi connectivity index (χ1v) is 5.95. The fraction of sp³-hybridized carbons (Fsp3) is 0.286. The van der Waals surface area contributed by atoms with Crippen molar-refractivity contribution in [2.75, 3.05) is 5.43 Å². The van der Waals surface area contributed by atoms with Gasteiger partial charge in [-0.15, -0.1) is 0 Å². The number of nitrogen functional groups attached to an aromatic ring is 1. The Labute approximate surface area is 97.6 Å². The Kier molecular flexibility index (Phi) is 3.93.